The lowest BCUT2D eigenvalue weighted by Crippen LogP contribution is -2.29. The quantitative estimate of drug-likeness (QED) is 0.477. The van der Waals surface area contributed by atoms with E-state index < -0.39 is 10.8 Å². The molecule has 0 spiro atoms. The highest BCUT2D eigenvalue weighted by Gasteiger charge is 1.91. The van der Waals surface area contributed by atoms with Gasteiger partial charge in [-0.15, -0.1) is 0 Å². The molecule has 0 saturated heterocycles. The Morgan fingerprint density at radius 3 is 2.73 bits per heavy atom. The Hall–Kier alpha value is -0.160. The van der Waals surface area contributed by atoms with Crippen LogP contribution in [-0.4, -0.2) is 27.9 Å². The second kappa shape index (κ2) is 6.54. The van der Waals surface area contributed by atoms with Crippen molar-refractivity contribution in [1.29, 1.82) is 0 Å². The summed E-state index contributed by atoms with van der Waals surface area (Å²) in [6.07, 6.45) is 3.64. The molecule has 0 aromatic heterocycles. The van der Waals surface area contributed by atoms with E-state index >= 15 is 0 Å². The number of unbranched alkanes of at least 4 members (excludes halogenated alkanes) is 1. The molecule has 0 aromatic carbocycles. The minimum atomic E-state index is -0.672. The number of nitrogens with two attached hydrogens (primary N) is 1. The van der Waals surface area contributed by atoms with Gasteiger partial charge in [0.2, 0.25) is 0 Å². The lowest BCUT2D eigenvalue weighted by atomic mass is 10.3. The summed E-state index contributed by atoms with van der Waals surface area (Å²) in [5, 5.41) is 3.17. The highest BCUT2D eigenvalue weighted by atomic mass is 32.2. The largest absolute Gasteiger partial charge is 0.376 e. The molecule has 0 fully saturated rings. The van der Waals surface area contributed by atoms with E-state index in [2.05, 4.69) is 17.5 Å². The van der Waals surface area contributed by atoms with Gasteiger partial charge in [-0.2, -0.15) is 0 Å². The van der Waals surface area contributed by atoms with Crippen LogP contribution in [0.5, 0.6) is 0 Å². The van der Waals surface area contributed by atoms with Crippen LogP contribution in [0.3, 0.4) is 0 Å². The van der Waals surface area contributed by atoms with Crippen molar-refractivity contribution in [2.24, 2.45) is 5.73 Å². The average Bonchev–Trinajstić information content (AvgIpc) is 1.85. The van der Waals surface area contributed by atoms with E-state index in [0.29, 0.717) is 5.11 Å². The Morgan fingerprint density at radius 1 is 1.64 bits per heavy atom. The summed E-state index contributed by atoms with van der Waals surface area (Å²) >= 11 is 4.60. The first kappa shape index (κ1) is 10.8. The van der Waals surface area contributed by atoms with Crippen molar-refractivity contribution < 1.29 is 4.21 Å². The molecular formula is C6H14N2OS2. The molecule has 3 nitrogen and oxygen atoms in total. The second-order valence-corrected chi connectivity index (χ2v) is 4.27. The Morgan fingerprint density at radius 2 is 2.27 bits per heavy atom. The maximum absolute atomic E-state index is 10.6. The third kappa shape index (κ3) is 9.84. The molecule has 0 aliphatic rings. The third-order valence-electron chi connectivity index (χ3n) is 1.16. The Kier molecular flexibility index (Phi) is 6.45. The van der Waals surface area contributed by atoms with Crippen molar-refractivity contribution in [3.63, 3.8) is 0 Å². The van der Waals surface area contributed by atoms with E-state index in [1.165, 1.54) is 0 Å². The van der Waals surface area contributed by atoms with Gasteiger partial charge < -0.3 is 11.1 Å². The Labute approximate surface area is 75.2 Å². The summed E-state index contributed by atoms with van der Waals surface area (Å²) in [5.41, 5.74) is 5.19. The zero-order chi connectivity index (χ0) is 8.69. The molecule has 5 heteroatoms. The van der Waals surface area contributed by atoms with Crippen molar-refractivity contribution in [2.75, 3.05) is 18.6 Å². The number of nitrogens with one attached hydrogen (secondary N) is 1. The van der Waals surface area contributed by atoms with Crippen LogP contribution in [0.25, 0.3) is 0 Å². The van der Waals surface area contributed by atoms with E-state index in [1.807, 2.05) is 0 Å². The molecule has 1 atom stereocenters. The number of hydrogen-bond acceptors (Lipinski definition) is 2. The molecule has 0 aromatic rings. The summed E-state index contributed by atoms with van der Waals surface area (Å²) in [6.45, 7) is 0.784. The minimum absolute atomic E-state index is 0.336. The first-order valence-corrected chi connectivity index (χ1v) is 5.60. The molecule has 3 N–H and O–H groups in total. The summed E-state index contributed by atoms with van der Waals surface area (Å²) < 4.78 is 10.6. The lowest BCUT2D eigenvalue weighted by Gasteiger charge is -2.01. The zero-order valence-corrected chi connectivity index (χ0v) is 8.26. The fourth-order valence-corrected chi connectivity index (χ4v) is 1.35. The first-order chi connectivity index (χ1) is 5.13. The number of hydrogen-bond donors (Lipinski definition) is 2. The van der Waals surface area contributed by atoms with Crippen LogP contribution < -0.4 is 11.1 Å². The summed E-state index contributed by atoms with van der Waals surface area (Å²) in [4.78, 5) is 0. The average molecular weight is 194 g/mol. The Balaban J connectivity index is 3.03. The highest BCUT2D eigenvalue weighted by Crippen LogP contribution is 1.88. The van der Waals surface area contributed by atoms with E-state index in [4.69, 9.17) is 5.73 Å². The molecule has 0 aliphatic carbocycles. The van der Waals surface area contributed by atoms with Gasteiger partial charge in [-0.25, -0.2) is 0 Å². The van der Waals surface area contributed by atoms with Gasteiger partial charge in [0.05, 0.1) is 0 Å². The maximum Gasteiger partial charge on any atom is 0.163 e. The lowest BCUT2D eigenvalue weighted by molar-refractivity contribution is 0.680. The molecule has 0 amide bonds. The predicted molar refractivity (Wildman–Crippen MR) is 53.0 cm³/mol. The molecule has 0 rings (SSSR count). The van der Waals surface area contributed by atoms with Crippen molar-refractivity contribution in [2.45, 2.75) is 12.8 Å². The third-order valence-corrected chi connectivity index (χ3v) is 2.17. The maximum atomic E-state index is 10.6. The van der Waals surface area contributed by atoms with Crippen LogP contribution >= 0.6 is 12.2 Å². The van der Waals surface area contributed by atoms with Crippen molar-refractivity contribution in [3.8, 4) is 0 Å². The zero-order valence-electron chi connectivity index (χ0n) is 6.63. The second-order valence-electron chi connectivity index (χ2n) is 2.28. The molecule has 11 heavy (non-hydrogen) atoms. The van der Waals surface area contributed by atoms with Crippen molar-refractivity contribution in [1.82, 2.24) is 5.32 Å². The summed E-state index contributed by atoms with van der Waals surface area (Å²) in [7, 11) is -0.672. The van der Waals surface area contributed by atoms with Gasteiger partial charge in [0.15, 0.2) is 5.11 Å². The molecule has 0 saturated carbocycles. The normalized spacial score (nSPS) is 12.5. The fourth-order valence-electron chi connectivity index (χ4n) is 0.642. The van der Waals surface area contributed by atoms with Crippen molar-refractivity contribution >= 4 is 28.1 Å². The van der Waals surface area contributed by atoms with E-state index in [9.17, 15) is 4.21 Å². The topological polar surface area (TPSA) is 55.1 Å². The van der Waals surface area contributed by atoms with E-state index in [1.54, 1.807) is 6.26 Å². The molecular weight excluding hydrogens is 180 g/mol. The Bertz CT molecular complexity index is 134. The van der Waals surface area contributed by atoms with Crippen LogP contribution in [0.1, 0.15) is 12.8 Å². The van der Waals surface area contributed by atoms with E-state index in [-0.39, 0.29) is 0 Å². The standard InChI is InChI=1S/C6H14N2OS2/c1-11(9)5-3-2-4-8-6(7)10/h2-5H2,1H3,(H3,7,8,10)/t11-/m1/s1. The van der Waals surface area contributed by atoms with Gasteiger partial charge in [0.1, 0.15) is 0 Å². The minimum Gasteiger partial charge on any atom is -0.376 e. The molecule has 0 heterocycles. The van der Waals surface area contributed by atoms with Crippen LogP contribution in [0, 0.1) is 0 Å². The number of thiocarbonyl (C=S) groups is 1. The summed E-state index contributed by atoms with van der Waals surface area (Å²) in [5.74, 6) is 0.763. The van der Waals surface area contributed by atoms with E-state index in [0.717, 1.165) is 25.1 Å². The van der Waals surface area contributed by atoms with Crippen LogP contribution in [0.15, 0.2) is 0 Å². The predicted octanol–water partition coefficient (Wildman–Crippen LogP) is -0.0217. The van der Waals surface area contributed by atoms with Gasteiger partial charge in [-0.05, 0) is 25.1 Å². The molecule has 0 aliphatic heterocycles. The highest BCUT2D eigenvalue weighted by molar-refractivity contribution is 7.84. The first-order valence-electron chi connectivity index (χ1n) is 3.46. The molecule has 0 radical (unpaired) electrons. The van der Waals surface area contributed by atoms with Crippen molar-refractivity contribution in [3.05, 3.63) is 0 Å². The number of rotatable bonds is 5. The molecule has 0 bridgehead atoms. The smallest absolute Gasteiger partial charge is 0.163 e. The monoisotopic (exact) mass is 194 g/mol. The molecule has 0 unspecified atom stereocenters. The van der Waals surface area contributed by atoms with Gasteiger partial charge in [0.25, 0.3) is 0 Å². The van der Waals surface area contributed by atoms with Crippen LogP contribution in [0.2, 0.25) is 0 Å². The van der Waals surface area contributed by atoms with Gasteiger partial charge in [0, 0.05) is 29.4 Å². The summed E-state index contributed by atoms with van der Waals surface area (Å²) in [6, 6.07) is 0. The van der Waals surface area contributed by atoms with Crippen LogP contribution in [0.4, 0.5) is 0 Å². The molecule has 66 valence electrons. The van der Waals surface area contributed by atoms with Gasteiger partial charge in [-0.3, -0.25) is 4.21 Å². The van der Waals surface area contributed by atoms with Gasteiger partial charge in [-0.1, -0.05) is 0 Å². The fraction of sp³-hybridized carbons (Fsp3) is 0.833. The SMILES string of the molecule is C[S@@](=O)CCCCNC(N)=S. The van der Waals surface area contributed by atoms with Gasteiger partial charge >= 0.3 is 0 Å². The van der Waals surface area contributed by atoms with Crippen LogP contribution in [-0.2, 0) is 10.8 Å².